The first kappa shape index (κ1) is 18.7. The first-order valence-electron chi connectivity index (χ1n) is 9.47. The summed E-state index contributed by atoms with van der Waals surface area (Å²) in [5, 5.41) is 15.6. The van der Waals surface area contributed by atoms with E-state index < -0.39 is 0 Å². The number of β-amino-alcohol motifs (C(OH)–C–C–N with tert-alkyl or cyclic N) is 1. The van der Waals surface area contributed by atoms with Crippen LogP contribution in [0, 0.1) is 11.8 Å². The molecule has 1 saturated heterocycles. The number of carbonyl (C=O) groups excluding carboxylic acids is 1. The lowest BCUT2D eigenvalue weighted by Gasteiger charge is -2.33. The second kappa shape index (κ2) is 9.60. The van der Waals surface area contributed by atoms with Gasteiger partial charge in [-0.15, -0.1) is 0 Å². The molecule has 1 amide bonds. The maximum absolute atomic E-state index is 12.4. The molecule has 1 aliphatic heterocycles. The number of amides is 1. The van der Waals surface area contributed by atoms with E-state index in [1.807, 2.05) is 6.92 Å². The van der Waals surface area contributed by atoms with Gasteiger partial charge in [0, 0.05) is 12.6 Å². The summed E-state index contributed by atoms with van der Waals surface area (Å²) in [5.41, 5.74) is 0. The first-order valence-corrected chi connectivity index (χ1v) is 9.47. The van der Waals surface area contributed by atoms with Crippen LogP contribution in [-0.4, -0.2) is 60.8 Å². The lowest BCUT2D eigenvalue weighted by atomic mass is 9.86. The average molecular weight is 325 g/mol. The highest BCUT2D eigenvalue weighted by atomic mass is 16.3. The standard InChI is InChI=1S/C18H35N3O2/c1-14-5-3-4-6-17(14)20-18(23)15(2)19-13-16-7-9-21(10-8-16)11-12-22/h14-17,19,22H,3-13H2,1-2H3,(H,20,23)/t14-,15-,17-/m0/s1. The van der Waals surface area contributed by atoms with Gasteiger partial charge in [-0.05, 0) is 64.1 Å². The van der Waals surface area contributed by atoms with Crippen molar-refractivity contribution in [3.63, 3.8) is 0 Å². The van der Waals surface area contributed by atoms with E-state index >= 15 is 0 Å². The summed E-state index contributed by atoms with van der Waals surface area (Å²) in [4.78, 5) is 14.7. The number of hydrogen-bond donors (Lipinski definition) is 3. The summed E-state index contributed by atoms with van der Waals surface area (Å²) >= 11 is 0. The number of aliphatic hydroxyl groups is 1. The molecular formula is C18H35N3O2. The van der Waals surface area contributed by atoms with E-state index in [1.54, 1.807) is 0 Å². The lowest BCUT2D eigenvalue weighted by Crippen LogP contribution is -2.50. The summed E-state index contributed by atoms with van der Waals surface area (Å²) in [5.74, 6) is 1.41. The summed E-state index contributed by atoms with van der Waals surface area (Å²) in [6.45, 7) is 8.31. The van der Waals surface area contributed by atoms with Gasteiger partial charge in [0.1, 0.15) is 0 Å². The predicted molar refractivity (Wildman–Crippen MR) is 93.3 cm³/mol. The molecule has 5 nitrogen and oxygen atoms in total. The third-order valence-electron chi connectivity index (χ3n) is 5.67. The second-order valence-electron chi connectivity index (χ2n) is 7.52. The number of likely N-dealkylation sites (tertiary alicyclic amines) is 1. The first-order chi connectivity index (χ1) is 11.1. The minimum atomic E-state index is -0.111. The molecule has 0 aromatic carbocycles. The molecule has 0 spiro atoms. The molecule has 1 aliphatic carbocycles. The van der Waals surface area contributed by atoms with E-state index in [0.717, 1.165) is 45.4 Å². The SMILES string of the molecule is C[C@H](NCC1CCN(CCO)CC1)C(=O)N[C@H]1CCCC[C@@H]1C. The lowest BCUT2D eigenvalue weighted by molar-refractivity contribution is -0.124. The van der Waals surface area contributed by atoms with Gasteiger partial charge in [-0.3, -0.25) is 4.79 Å². The van der Waals surface area contributed by atoms with Crippen molar-refractivity contribution in [1.29, 1.82) is 0 Å². The highest BCUT2D eigenvalue weighted by Crippen LogP contribution is 2.23. The molecule has 0 aromatic heterocycles. The zero-order valence-corrected chi connectivity index (χ0v) is 14.9. The highest BCUT2D eigenvalue weighted by molar-refractivity contribution is 5.81. The molecule has 2 rings (SSSR count). The minimum Gasteiger partial charge on any atom is -0.395 e. The van der Waals surface area contributed by atoms with Crippen molar-refractivity contribution in [1.82, 2.24) is 15.5 Å². The number of carbonyl (C=O) groups is 1. The molecule has 3 atom stereocenters. The number of hydrogen-bond acceptors (Lipinski definition) is 4. The smallest absolute Gasteiger partial charge is 0.237 e. The maximum Gasteiger partial charge on any atom is 0.237 e. The van der Waals surface area contributed by atoms with Crippen LogP contribution in [0.25, 0.3) is 0 Å². The van der Waals surface area contributed by atoms with Gasteiger partial charge >= 0.3 is 0 Å². The zero-order chi connectivity index (χ0) is 16.7. The molecule has 0 unspecified atom stereocenters. The fourth-order valence-corrected chi connectivity index (χ4v) is 3.83. The molecule has 0 radical (unpaired) electrons. The van der Waals surface area contributed by atoms with Crippen LogP contribution in [0.3, 0.4) is 0 Å². The van der Waals surface area contributed by atoms with Gasteiger partial charge in [-0.25, -0.2) is 0 Å². The Morgan fingerprint density at radius 3 is 2.57 bits per heavy atom. The summed E-state index contributed by atoms with van der Waals surface area (Å²) in [6.07, 6.45) is 7.21. The van der Waals surface area contributed by atoms with E-state index in [9.17, 15) is 4.79 Å². The van der Waals surface area contributed by atoms with E-state index in [4.69, 9.17) is 5.11 Å². The molecule has 1 saturated carbocycles. The number of nitrogens with zero attached hydrogens (tertiary/aromatic N) is 1. The normalized spacial score (nSPS) is 28.5. The van der Waals surface area contributed by atoms with Crippen molar-refractivity contribution in [3.8, 4) is 0 Å². The molecule has 2 fully saturated rings. The topological polar surface area (TPSA) is 64.6 Å². The minimum absolute atomic E-state index is 0.111. The summed E-state index contributed by atoms with van der Waals surface area (Å²) in [7, 11) is 0. The summed E-state index contributed by atoms with van der Waals surface area (Å²) in [6, 6.07) is 0.252. The second-order valence-corrected chi connectivity index (χ2v) is 7.52. The molecule has 1 heterocycles. The van der Waals surface area contributed by atoms with Gasteiger partial charge in [0.25, 0.3) is 0 Å². The van der Waals surface area contributed by atoms with E-state index in [2.05, 4.69) is 22.5 Å². The number of nitrogens with one attached hydrogen (secondary N) is 2. The fraction of sp³-hybridized carbons (Fsp3) is 0.944. The van der Waals surface area contributed by atoms with Crippen LogP contribution in [0.15, 0.2) is 0 Å². The molecule has 2 aliphatic rings. The summed E-state index contributed by atoms with van der Waals surface area (Å²) < 4.78 is 0. The number of piperidine rings is 1. The maximum atomic E-state index is 12.4. The van der Waals surface area contributed by atoms with E-state index in [0.29, 0.717) is 17.9 Å². The van der Waals surface area contributed by atoms with Gasteiger partial charge in [0.05, 0.1) is 12.6 Å². The number of rotatable bonds is 7. The fourth-order valence-electron chi connectivity index (χ4n) is 3.83. The van der Waals surface area contributed by atoms with Crippen molar-refractivity contribution >= 4 is 5.91 Å². The van der Waals surface area contributed by atoms with Crippen molar-refractivity contribution in [2.75, 3.05) is 32.8 Å². The van der Waals surface area contributed by atoms with Crippen molar-refractivity contribution < 1.29 is 9.90 Å². The third kappa shape index (κ3) is 6.05. The van der Waals surface area contributed by atoms with Crippen LogP contribution in [-0.2, 0) is 4.79 Å². The van der Waals surface area contributed by atoms with Crippen molar-refractivity contribution in [2.24, 2.45) is 11.8 Å². The molecule has 23 heavy (non-hydrogen) atoms. The third-order valence-corrected chi connectivity index (χ3v) is 5.67. The Kier molecular flexibility index (Phi) is 7.80. The van der Waals surface area contributed by atoms with Crippen LogP contribution in [0.4, 0.5) is 0 Å². The average Bonchev–Trinajstić information content (AvgIpc) is 2.56. The molecule has 3 N–H and O–H groups in total. The van der Waals surface area contributed by atoms with Gasteiger partial charge in [0.15, 0.2) is 0 Å². The Labute approximate surface area is 141 Å². The number of aliphatic hydroxyl groups excluding tert-OH is 1. The predicted octanol–water partition coefficient (Wildman–Crippen LogP) is 1.36. The Morgan fingerprint density at radius 2 is 1.91 bits per heavy atom. The van der Waals surface area contributed by atoms with Crippen LogP contribution >= 0.6 is 0 Å². The molecule has 0 aromatic rings. The molecule has 5 heteroatoms. The van der Waals surface area contributed by atoms with Crippen LogP contribution in [0.1, 0.15) is 52.4 Å². The Bertz CT molecular complexity index is 356. The monoisotopic (exact) mass is 325 g/mol. The van der Waals surface area contributed by atoms with Crippen LogP contribution < -0.4 is 10.6 Å². The van der Waals surface area contributed by atoms with Crippen molar-refractivity contribution in [2.45, 2.75) is 64.5 Å². The Hall–Kier alpha value is -0.650. The van der Waals surface area contributed by atoms with Gasteiger partial charge in [-0.2, -0.15) is 0 Å². The quantitative estimate of drug-likeness (QED) is 0.661. The highest BCUT2D eigenvalue weighted by Gasteiger charge is 2.25. The Balaban J connectivity index is 1.64. The van der Waals surface area contributed by atoms with Gasteiger partial charge in [-0.1, -0.05) is 19.8 Å². The van der Waals surface area contributed by atoms with Crippen LogP contribution in [0.2, 0.25) is 0 Å². The van der Waals surface area contributed by atoms with Crippen molar-refractivity contribution in [3.05, 3.63) is 0 Å². The molecule has 134 valence electrons. The van der Waals surface area contributed by atoms with Gasteiger partial charge < -0.3 is 20.6 Å². The molecular weight excluding hydrogens is 290 g/mol. The Morgan fingerprint density at radius 1 is 1.22 bits per heavy atom. The molecule has 0 bridgehead atoms. The van der Waals surface area contributed by atoms with Crippen LogP contribution in [0.5, 0.6) is 0 Å². The van der Waals surface area contributed by atoms with E-state index in [-0.39, 0.29) is 18.6 Å². The van der Waals surface area contributed by atoms with E-state index in [1.165, 1.54) is 19.3 Å². The van der Waals surface area contributed by atoms with Gasteiger partial charge in [0.2, 0.25) is 5.91 Å². The zero-order valence-electron chi connectivity index (χ0n) is 14.9. The largest absolute Gasteiger partial charge is 0.395 e.